The van der Waals surface area contributed by atoms with E-state index >= 15 is 0 Å². The van der Waals surface area contributed by atoms with Crippen molar-refractivity contribution in [1.29, 1.82) is 0 Å². The fourth-order valence-corrected chi connectivity index (χ4v) is 8.34. The number of carbonyl (C=O) groups is 3. The number of amides is 2. The van der Waals surface area contributed by atoms with E-state index in [4.69, 9.17) is 4.74 Å². The number of rotatable bonds is 4. The van der Waals surface area contributed by atoms with E-state index in [0.717, 1.165) is 19.3 Å². The van der Waals surface area contributed by atoms with E-state index in [1.807, 2.05) is 46.8 Å². The van der Waals surface area contributed by atoms with Gasteiger partial charge >= 0.3 is 5.97 Å². The minimum absolute atomic E-state index is 0.0394. The van der Waals surface area contributed by atoms with Crippen LogP contribution in [-0.4, -0.2) is 80.1 Å². The van der Waals surface area contributed by atoms with Crippen molar-refractivity contribution in [3.63, 3.8) is 0 Å². The topological polar surface area (TPSA) is 87.2 Å². The summed E-state index contributed by atoms with van der Waals surface area (Å²) in [6.45, 7) is 10.4. The second-order valence-electron chi connectivity index (χ2n) is 10.8. The molecule has 0 saturated carbocycles. The van der Waals surface area contributed by atoms with Gasteiger partial charge in [0.15, 0.2) is 0 Å². The number of esters is 1. The number of carbonyl (C=O) groups excluding carboxylic acids is 3. The molecule has 0 aromatic carbocycles. The van der Waals surface area contributed by atoms with Crippen LogP contribution in [0.25, 0.3) is 0 Å². The van der Waals surface area contributed by atoms with Crippen molar-refractivity contribution in [2.75, 3.05) is 19.8 Å². The molecule has 1 spiro atoms. The summed E-state index contributed by atoms with van der Waals surface area (Å²) >= 11 is 1.55. The summed E-state index contributed by atoms with van der Waals surface area (Å²) in [5, 5.41) is 10.3. The molecule has 2 amide bonds. The van der Waals surface area contributed by atoms with Crippen molar-refractivity contribution in [1.82, 2.24) is 9.80 Å². The Bertz CT molecular complexity index is 902. The number of likely N-dealkylation sites (tertiary alicyclic amines) is 1. The molecule has 0 radical (unpaired) electrons. The average molecular weight is 491 g/mol. The van der Waals surface area contributed by atoms with Crippen molar-refractivity contribution >= 4 is 29.5 Å². The van der Waals surface area contributed by atoms with Crippen molar-refractivity contribution in [3.8, 4) is 0 Å². The molecular formula is C26H38N2O5S. The van der Waals surface area contributed by atoms with E-state index in [0.29, 0.717) is 13.2 Å². The number of cyclic esters (lactones) is 1. The largest absolute Gasteiger partial charge is 0.465 e. The van der Waals surface area contributed by atoms with Crippen molar-refractivity contribution < 1.29 is 24.2 Å². The number of nitrogens with zero attached hydrogens (tertiary/aromatic N) is 2. The van der Waals surface area contributed by atoms with E-state index in [-0.39, 0.29) is 36.4 Å². The zero-order chi connectivity index (χ0) is 24.8. The Balaban J connectivity index is 1.91. The summed E-state index contributed by atoms with van der Waals surface area (Å²) in [7, 11) is 0. The molecule has 7 nitrogen and oxygen atoms in total. The summed E-state index contributed by atoms with van der Waals surface area (Å²) in [6.07, 6.45) is 10.8. The Kier molecular flexibility index (Phi) is 6.95. The third-order valence-corrected chi connectivity index (χ3v) is 9.70. The molecule has 2 saturated heterocycles. The maximum atomic E-state index is 14.2. The zero-order valence-electron chi connectivity index (χ0n) is 20.9. The molecule has 0 bridgehead atoms. The van der Waals surface area contributed by atoms with Crippen LogP contribution in [0.15, 0.2) is 24.3 Å². The van der Waals surface area contributed by atoms with Gasteiger partial charge in [-0.15, -0.1) is 11.8 Å². The SMILES string of the molecule is CC(C)[C@H](CO)N1C(=O)[C@@H]2[C@@H]3C(=O)OCCCC/C=C\[C@]3(C)S[C@@]23C=CCN(C(C)C)C(=O)C13. The number of fused-ring (bicyclic) bond motifs is 2. The molecule has 4 heterocycles. The highest BCUT2D eigenvalue weighted by Gasteiger charge is 2.74. The van der Waals surface area contributed by atoms with Crippen LogP contribution >= 0.6 is 11.8 Å². The molecule has 0 aromatic rings. The minimum atomic E-state index is -0.906. The van der Waals surface area contributed by atoms with Gasteiger partial charge in [-0.25, -0.2) is 0 Å². The van der Waals surface area contributed by atoms with E-state index in [1.54, 1.807) is 21.6 Å². The van der Waals surface area contributed by atoms with Crippen molar-refractivity contribution in [3.05, 3.63) is 24.3 Å². The van der Waals surface area contributed by atoms with E-state index in [9.17, 15) is 19.5 Å². The monoisotopic (exact) mass is 490 g/mol. The van der Waals surface area contributed by atoms with E-state index < -0.39 is 33.4 Å². The van der Waals surface area contributed by atoms with Gasteiger partial charge in [0.25, 0.3) is 0 Å². The van der Waals surface area contributed by atoms with E-state index in [1.165, 1.54) is 0 Å². The highest BCUT2D eigenvalue weighted by atomic mass is 32.2. The summed E-state index contributed by atoms with van der Waals surface area (Å²) < 4.78 is 4.11. The third-order valence-electron chi connectivity index (χ3n) is 7.91. The quantitative estimate of drug-likeness (QED) is 0.482. The Morgan fingerprint density at radius 1 is 1.09 bits per heavy atom. The number of hydrogen-bond donors (Lipinski definition) is 1. The molecule has 188 valence electrons. The number of hydrogen-bond acceptors (Lipinski definition) is 6. The van der Waals surface area contributed by atoms with Gasteiger partial charge in [0.1, 0.15) is 6.04 Å². The van der Waals surface area contributed by atoms with Crippen LogP contribution in [0.2, 0.25) is 0 Å². The Morgan fingerprint density at radius 3 is 2.47 bits per heavy atom. The van der Waals surface area contributed by atoms with Gasteiger partial charge < -0.3 is 19.6 Å². The lowest BCUT2D eigenvalue weighted by atomic mass is 9.74. The molecule has 1 N–H and O–H groups in total. The van der Waals surface area contributed by atoms with Gasteiger partial charge in [-0.3, -0.25) is 14.4 Å². The lowest BCUT2D eigenvalue weighted by Crippen LogP contribution is -2.58. The molecule has 0 aliphatic carbocycles. The van der Waals surface area contributed by atoms with E-state index in [2.05, 4.69) is 12.2 Å². The number of allylic oxidation sites excluding steroid dienone is 1. The second-order valence-corrected chi connectivity index (χ2v) is 12.6. The molecule has 1 unspecified atom stereocenters. The fourth-order valence-electron chi connectivity index (χ4n) is 6.20. The van der Waals surface area contributed by atoms with Gasteiger partial charge in [-0.2, -0.15) is 0 Å². The first-order chi connectivity index (χ1) is 16.1. The molecular weight excluding hydrogens is 452 g/mol. The predicted molar refractivity (Wildman–Crippen MR) is 132 cm³/mol. The van der Waals surface area contributed by atoms with Gasteiger partial charge in [0.2, 0.25) is 11.8 Å². The van der Waals surface area contributed by atoms with Crippen LogP contribution in [-0.2, 0) is 19.1 Å². The molecule has 4 aliphatic rings. The Labute approximate surface area is 206 Å². The van der Waals surface area contributed by atoms with Gasteiger partial charge in [0.05, 0.1) is 35.8 Å². The minimum Gasteiger partial charge on any atom is -0.465 e. The van der Waals surface area contributed by atoms with Gasteiger partial charge in [-0.1, -0.05) is 38.2 Å². The Morgan fingerprint density at radius 2 is 1.82 bits per heavy atom. The summed E-state index contributed by atoms with van der Waals surface area (Å²) in [5.41, 5.74) is 0. The summed E-state index contributed by atoms with van der Waals surface area (Å²) in [4.78, 5) is 45.2. The third kappa shape index (κ3) is 3.81. The normalized spacial score (nSPS) is 37.9. The summed E-state index contributed by atoms with van der Waals surface area (Å²) in [5.74, 6) is -2.21. The molecule has 6 atom stereocenters. The highest BCUT2D eigenvalue weighted by Crippen LogP contribution is 2.65. The standard InChI is InChI=1S/C26H38N2O5S/c1-16(2)18(15-29)28-21-23(31)27(17(3)4)13-10-12-26(21)19(22(28)30)20-24(32)33-14-9-7-6-8-11-25(20,5)34-26/h8,10-12,16-21,29H,6-7,9,13-15H2,1-5H3/b11-8-/t18-,19-,20+,21?,25-,26-/m0/s1. The first kappa shape index (κ1) is 25.3. The van der Waals surface area contributed by atoms with Crippen LogP contribution < -0.4 is 0 Å². The van der Waals surface area contributed by atoms with Crippen LogP contribution in [0.3, 0.4) is 0 Å². The number of aliphatic hydroxyl groups excluding tert-OH is 1. The van der Waals surface area contributed by atoms with Crippen LogP contribution in [0.4, 0.5) is 0 Å². The Hall–Kier alpha value is -1.80. The van der Waals surface area contributed by atoms with Crippen LogP contribution in [0.1, 0.15) is 53.9 Å². The van der Waals surface area contributed by atoms with Gasteiger partial charge in [0, 0.05) is 17.3 Å². The molecule has 4 aliphatic heterocycles. The zero-order valence-corrected chi connectivity index (χ0v) is 21.7. The highest BCUT2D eigenvalue weighted by molar-refractivity contribution is 8.02. The lowest BCUT2D eigenvalue weighted by molar-refractivity contribution is -0.155. The maximum absolute atomic E-state index is 14.2. The molecule has 34 heavy (non-hydrogen) atoms. The lowest BCUT2D eigenvalue weighted by Gasteiger charge is -2.41. The van der Waals surface area contributed by atoms with Crippen molar-refractivity contribution in [2.45, 2.75) is 81.5 Å². The molecule has 4 rings (SSSR count). The van der Waals surface area contributed by atoms with Crippen molar-refractivity contribution in [2.24, 2.45) is 17.8 Å². The number of aliphatic hydroxyl groups is 1. The molecule has 8 heteroatoms. The summed E-state index contributed by atoms with van der Waals surface area (Å²) in [6, 6.07) is -1.34. The average Bonchev–Trinajstić information content (AvgIpc) is 3.08. The number of ether oxygens (including phenoxy) is 1. The number of thioether (sulfide) groups is 1. The first-order valence-electron chi connectivity index (χ1n) is 12.5. The second kappa shape index (κ2) is 9.34. The fraction of sp³-hybridized carbons (Fsp3) is 0.731. The maximum Gasteiger partial charge on any atom is 0.311 e. The van der Waals surface area contributed by atoms with Crippen LogP contribution in [0, 0.1) is 17.8 Å². The molecule has 2 fully saturated rings. The van der Waals surface area contributed by atoms with Gasteiger partial charge in [-0.05, 0) is 46.0 Å². The first-order valence-corrected chi connectivity index (χ1v) is 13.4. The predicted octanol–water partition coefficient (Wildman–Crippen LogP) is 2.78. The van der Waals surface area contributed by atoms with Crippen LogP contribution in [0.5, 0.6) is 0 Å². The smallest absolute Gasteiger partial charge is 0.311 e. The molecule has 0 aromatic heterocycles.